The summed E-state index contributed by atoms with van der Waals surface area (Å²) in [5.41, 5.74) is 3.52. The molecular weight excluding hydrogens is 280 g/mol. The Balaban J connectivity index is 2.27. The fraction of sp³-hybridized carbons (Fsp3) is 0.0909. The van der Waals surface area contributed by atoms with Gasteiger partial charge in [0.2, 0.25) is 0 Å². The summed E-state index contributed by atoms with van der Waals surface area (Å²) in [6.07, 6.45) is -4.63. The van der Waals surface area contributed by atoms with E-state index < -0.39 is 29.2 Å². The van der Waals surface area contributed by atoms with E-state index in [2.05, 4.69) is 10.2 Å². The molecule has 0 bridgehead atoms. The van der Waals surface area contributed by atoms with Crippen molar-refractivity contribution in [1.82, 2.24) is 10.2 Å². The summed E-state index contributed by atoms with van der Waals surface area (Å²) in [7, 11) is 0. The van der Waals surface area contributed by atoms with Crippen LogP contribution in [0.15, 0.2) is 24.3 Å². The second-order valence-electron chi connectivity index (χ2n) is 3.85. The molecule has 0 aliphatic carbocycles. The third-order valence-corrected chi connectivity index (χ3v) is 2.38. The molecule has 0 saturated heterocycles. The SMILES string of the molecule is Nc1cc(C(=O)Nc2cc(C(F)(F)F)ccc2F)[nH]n1. The van der Waals surface area contributed by atoms with Crippen molar-refractivity contribution >= 4 is 17.4 Å². The number of nitrogens with one attached hydrogen (secondary N) is 2. The van der Waals surface area contributed by atoms with Gasteiger partial charge in [-0.25, -0.2) is 4.39 Å². The Morgan fingerprint density at radius 3 is 2.55 bits per heavy atom. The van der Waals surface area contributed by atoms with Crippen molar-refractivity contribution in [2.75, 3.05) is 11.1 Å². The van der Waals surface area contributed by atoms with Crippen molar-refractivity contribution < 1.29 is 22.4 Å². The summed E-state index contributed by atoms with van der Waals surface area (Å²) in [6.45, 7) is 0. The van der Waals surface area contributed by atoms with Crippen molar-refractivity contribution in [3.8, 4) is 0 Å². The lowest BCUT2D eigenvalue weighted by Crippen LogP contribution is -2.15. The number of carbonyl (C=O) groups is 1. The largest absolute Gasteiger partial charge is 0.416 e. The summed E-state index contributed by atoms with van der Waals surface area (Å²) in [6, 6.07) is 2.88. The first-order chi connectivity index (χ1) is 9.27. The molecule has 0 saturated carbocycles. The Morgan fingerprint density at radius 1 is 1.30 bits per heavy atom. The van der Waals surface area contributed by atoms with Gasteiger partial charge >= 0.3 is 6.18 Å². The predicted octanol–water partition coefficient (Wildman–Crippen LogP) is 2.40. The van der Waals surface area contributed by atoms with Crippen LogP contribution in [0.2, 0.25) is 0 Å². The standard InChI is InChI=1S/C11H8F4N4O/c12-6-2-1-5(11(13,14)15)3-7(6)17-10(20)8-4-9(16)19-18-8/h1-4H,(H,17,20)(H3,16,18,19). The molecule has 1 heterocycles. The number of halogens is 4. The third-order valence-electron chi connectivity index (χ3n) is 2.38. The Labute approximate surface area is 109 Å². The number of hydrogen-bond acceptors (Lipinski definition) is 3. The maximum Gasteiger partial charge on any atom is 0.416 e. The number of nitrogens with two attached hydrogens (primary N) is 1. The second kappa shape index (κ2) is 4.83. The minimum atomic E-state index is -4.63. The van der Waals surface area contributed by atoms with Crippen LogP contribution in [0.3, 0.4) is 0 Å². The number of benzene rings is 1. The van der Waals surface area contributed by atoms with Crippen molar-refractivity contribution in [3.63, 3.8) is 0 Å². The lowest BCUT2D eigenvalue weighted by molar-refractivity contribution is -0.137. The van der Waals surface area contributed by atoms with E-state index in [1.54, 1.807) is 0 Å². The minimum absolute atomic E-state index is 0.0275. The van der Waals surface area contributed by atoms with Crippen molar-refractivity contribution in [1.29, 1.82) is 0 Å². The summed E-state index contributed by atoms with van der Waals surface area (Å²) < 4.78 is 50.9. The van der Waals surface area contributed by atoms with Crippen LogP contribution >= 0.6 is 0 Å². The number of nitrogens with zero attached hydrogens (tertiary/aromatic N) is 1. The molecule has 1 amide bonds. The number of aromatic nitrogens is 2. The summed E-state index contributed by atoms with van der Waals surface area (Å²) >= 11 is 0. The summed E-state index contributed by atoms with van der Waals surface area (Å²) in [5.74, 6) is -1.81. The average molecular weight is 288 g/mol. The zero-order valence-corrected chi connectivity index (χ0v) is 9.75. The van der Waals surface area contributed by atoms with E-state index in [0.717, 1.165) is 0 Å². The molecule has 0 spiro atoms. The molecule has 2 rings (SSSR count). The second-order valence-corrected chi connectivity index (χ2v) is 3.85. The molecule has 0 aliphatic rings. The highest BCUT2D eigenvalue weighted by Gasteiger charge is 2.31. The van der Waals surface area contributed by atoms with E-state index in [4.69, 9.17) is 5.73 Å². The lowest BCUT2D eigenvalue weighted by atomic mass is 10.2. The first-order valence-corrected chi connectivity index (χ1v) is 5.26. The van der Waals surface area contributed by atoms with Gasteiger partial charge in [0.25, 0.3) is 5.91 Å². The molecule has 0 radical (unpaired) electrons. The predicted molar refractivity (Wildman–Crippen MR) is 62.4 cm³/mol. The van der Waals surface area contributed by atoms with Gasteiger partial charge < -0.3 is 11.1 Å². The van der Waals surface area contributed by atoms with E-state index in [9.17, 15) is 22.4 Å². The molecule has 0 atom stereocenters. The number of amides is 1. The van der Waals surface area contributed by atoms with Crippen LogP contribution in [0, 0.1) is 5.82 Å². The number of aromatic amines is 1. The number of carbonyl (C=O) groups excluding carboxylic acids is 1. The van der Waals surface area contributed by atoms with Gasteiger partial charge in [-0.1, -0.05) is 0 Å². The molecule has 5 nitrogen and oxygen atoms in total. The average Bonchev–Trinajstić information content (AvgIpc) is 2.77. The molecule has 0 fully saturated rings. The van der Waals surface area contributed by atoms with Gasteiger partial charge in [0.15, 0.2) is 0 Å². The van der Waals surface area contributed by atoms with Gasteiger partial charge in [-0.2, -0.15) is 18.3 Å². The lowest BCUT2D eigenvalue weighted by Gasteiger charge is -2.10. The highest BCUT2D eigenvalue weighted by molar-refractivity contribution is 6.03. The molecule has 1 aromatic heterocycles. The van der Waals surface area contributed by atoms with Crippen LogP contribution < -0.4 is 11.1 Å². The number of rotatable bonds is 2. The van der Waals surface area contributed by atoms with Crippen molar-refractivity contribution in [2.45, 2.75) is 6.18 Å². The number of nitrogen functional groups attached to an aromatic ring is 1. The number of alkyl halides is 3. The maximum absolute atomic E-state index is 13.4. The molecule has 0 aliphatic heterocycles. The highest BCUT2D eigenvalue weighted by Crippen LogP contribution is 2.31. The fourth-order valence-electron chi connectivity index (χ4n) is 1.44. The van der Waals surface area contributed by atoms with Gasteiger partial charge in [0.05, 0.1) is 11.3 Å². The van der Waals surface area contributed by atoms with Gasteiger partial charge in [0.1, 0.15) is 17.3 Å². The van der Waals surface area contributed by atoms with Gasteiger partial charge in [-0.3, -0.25) is 9.89 Å². The third kappa shape index (κ3) is 2.87. The highest BCUT2D eigenvalue weighted by atomic mass is 19.4. The molecule has 20 heavy (non-hydrogen) atoms. The normalized spacial score (nSPS) is 11.4. The quantitative estimate of drug-likeness (QED) is 0.742. The molecule has 106 valence electrons. The zero-order valence-electron chi connectivity index (χ0n) is 9.75. The number of hydrogen-bond donors (Lipinski definition) is 3. The minimum Gasteiger partial charge on any atom is -0.382 e. The summed E-state index contributed by atoms with van der Waals surface area (Å²) in [5, 5.41) is 7.75. The van der Waals surface area contributed by atoms with E-state index >= 15 is 0 Å². The zero-order chi connectivity index (χ0) is 14.9. The van der Waals surface area contributed by atoms with Crippen molar-refractivity contribution in [3.05, 3.63) is 41.3 Å². The van der Waals surface area contributed by atoms with Crippen LogP contribution in [0.25, 0.3) is 0 Å². The van der Waals surface area contributed by atoms with E-state index in [0.29, 0.717) is 18.2 Å². The summed E-state index contributed by atoms with van der Waals surface area (Å²) in [4.78, 5) is 11.7. The smallest absolute Gasteiger partial charge is 0.382 e. The van der Waals surface area contributed by atoms with Crippen molar-refractivity contribution in [2.24, 2.45) is 0 Å². The van der Waals surface area contributed by atoms with Gasteiger partial charge in [-0.15, -0.1) is 0 Å². The molecule has 4 N–H and O–H groups in total. The molecule has 9 heteroatoms. The Morgan fingerprint density at radius 2 is 2.00 bits per heavy atom. The topological polar surface area (TPSA) is 83.8 Å². The molecule has 0 unspecified atom stereocenters. The van der Waals surface area contributed by atoms with Crippen LogP contribution in [-0.2, 0) is 6.18 Å². The van der Waals surface area contributed by atoms with E-state index in [1.807, 2.05) is 5.32 Å². The Bertz CT molecular complexity index is 650. The molecule has 1 aromatic carbocycles. The fourth-order valence-corrected chi connectivity index (χ4v) is 1.44. The number of H-pyrrole nitrogens is 1. The maximum atomic E-state index is 13.4. The monoisotopic (exact) mass is 288 g/mol. The van der Waals surface area contributed by atoms with Crippen LogP contribution in [-0.4, -0.2) is 16.1 Å². The van der Waals surface area contributed by atoms with E-state index in [-0.39, 0.29) is 11.5 Å². The Kier molecular flexibility index (Phi) is 3.35. The molecular formula is C11H8F4N4O. The Hall–Kier alpha value is -2.58. The van der Waals surface area contributed by atoms with Crippen LogP contribution in [0.5, 0.6) is 0 Å². The van der Waals surface area contributed by atoms with Gasteiger partial charge in [-0.05, 0) is 18.2 Å². The van der Waals surface area contributed by atoms with Crippen LogP contribution in [0.4, 0.5) is 29.1 Å². The molecule has 2 aromatic rings. The first kappa shape index (κ1) is 13.8. The van der Waals surface area contributed by atoms with Gasteiger partial charge in [0, 0.05) is 6.07 Å². The number of anilines is 2. The first-order valence-electron chi connectivity index (χ1n) is 5.26. The van der Waals surface area contributed by atoms with Crippen LogP contribution in [0.1, 0.15) is 16.1 Å². The van der Waals surface area contributed by atoms with E-state index in [1.165, 1.54) is 6.07 Å².